The predicted molar refractivity (Wildman–Crippen MR) is 87.3 cm³/mol. The van der Waals surface area contributed by atoms with E-state index in [4.69, 9.17) is 0 Å². The molecule has 0 unspecified atom stereocenters. The van der Waals surface area contributed by atoms with Crippen molar-refractivity contribution < 1.29 is 0 Å². The third-order valence-electron chi connectivity index (χ3n) is 3.21. The normalized spacial score (nSPS) is 10.5. The molecule has 2 nitrogen and oxygen atoms in total. The van der Waals surface area contributed by atoms with Crippen molar-refractivity contribution in [3.8, 4) is 11.8 Å². The first-order valence-electron chi connectivity index (χ1n) is 6.61. The summed E-state index contributed by atoms with van der Waals surface area (Å²) in [6, 6.07) is 18.1. The van der Waals surface area contributed by atoms with Gasteiger partial charge in [0.05, 0.1) is 15.7 Å². The van der Waals surface area contributed by atoms with E-state index in [2.05, 4.69) is 33.9 Å². The average molecular weight is 286 g/mol. The van der Waals surface area contributed by atoms with Gasteiger partial charge in [-0.2, -0.15) is 0 Å². The van der Waals surface area contributed by atoms with E-state index in [1.807, 2.05) is 42.5 Å². The molecule has 0 amide bonds. The SMILES string of the molecule is C(#Cc1nc2ccccc2s1)c1ccc2ncccc2c1. The minimum atomic E-state index is 0.850. The van der Waals surface area contributed by atoms with E-state index in [9.17, 15) is 0 Å². The molecule has 2 aromatic heterocycles. The van der Waals surface area contributed by atoms with Crippen LogP contribution in [0.1, 0.15) is 10.6 Å². The zero-order chi connectivity index (χ0) is 14.1. The van der Waals surface area contributed by atoms with Crippen LogP contribution in [0.15, 0.2) is 60.8 Å². The van der Waals surface area contributed by atoms with Gasteiger partial charge >= 0.3 is 0 Å². The summed E-state index contributed by atoms with van der Waals surface area (Å²) in [5, 5.41) is 1.95. The Morgan fingerprint density at radius 1 is 0.857 bits per heavy atom. The van der Waals surface area contributed by atoms with Gasteiger partial charge in [-0.1, -0.05) is 24.1 Å². The van der Waals surface area contributed by atoms with Crippen LogP contribution in [0.3, 0.4) is 0 Å². The van der Waals surface area contributed by atoms with Crippen LogP contribution in [0.4, 0.5) is 0 Å². The number of pyridine rings is 1. The smallest absolute Gasteiger partial charge is 0.168 e. The van der Waals surface area contributed by atoms with Crippen LogP contribution in [0.25, 0.3) is 21.1 Å². The fraction of sp³-hybridized carbons (Fsp3) is 0. The first-order chi connectivity index (χ1) is 10.4. The Morgan fingerprint density at radius 2 is 1.81 bits per heavy atom. The Hall–Kier alpha value is -2.70. The Morgan fingerprint density at radius 3 is 2.76 bits per heavy atom. The second kappa shape index (κ2) is 5.01. The van der Waals surface area contributed by atoms with E-state index >= 15 is 0 Å². The standard InChI is InChI=1S/C18H10N2S/c1-2-6-17-16(5-1)20-18(21-17)10-8-13-7-9-15-14(12-13)4-3-11-19-15/h1-7,9,11-12H. The average Bonchev–Trinajstić information content (AvgIpc) is 2.95. The summed E-state index contributed by atoms with van der Waals surface area (Å²) in [6.45, 7) is 0. The van der Waals surface area contributed by atoms with Crippen LogP contribution in [0.2, 0.25) is 0 Å². The van der Waals surface area contributed by atoms with Gasteiger partial charge in [-0.25, -0.2) is 4.98 Å². The lowest BCUT2D eigenvalue weighted by Gasteiger charge is -1.96. The molecule has 98 valence electrons. The highest BCUT2D eigenvalue weighted by Crippen LogP contribution is 2.20. The van der Waals surface area contributed by atoms with Crippen LogP contribution in [-0.2, 0) is 0 Å². The largest absolute Gasteiger partial charge is 0.256 e. The second-order valence-electron chi connectivity index (χ2n) is 4.65. The van der Waals surface area contributed by atoms with Gasteiger partial charge in [0.15, 0.2) is 5.01 Å². The van der Waals surface area contributed by atoms with E-state index in [0.29, 0.717) is 0 Å². The molecule has 0 fully saturated rings. The fourth-order valence-electron chi connectivity index (χ4n) is 2.20. The number of aromatic nitrogens is 2. The van der Waals surface area contributed by atoms with Crippen molar-refractivity contribution >= 4 is 32.5 Å². The van der Waals surface area contributed by atoms with Crippen molar-refractivity contribution in [3.05, 3.63) is 71.4 Å². The van der Waals surface area contributed by atoms with Crippen molar-refractivity contribution in [3.63, 3.8) is 0 Å². The quantitative estimate of drug-likeness (QED) is 0.452. The van der Waals surface area contributed by atoms with Crippen LogP contribution in [-0.4, -0.2) is 9.97 Å². The van der Waals surface area contributed by atoms with Crippen molar-refractivity contribution in [2.45, 2.75) is 0 Å². The van der Waals surface area contributed by atoms with Crippen molar-refractivity contribution in [2.24, 2.45) is 0 Å². The Labute approximate surface area is 126 Å². The van der Waals surface area contributed by atoms with Crippen LogP contribution < -0.4 is 0 Å². The topological polar surface area (TPSA) is 25.8 Å². The predicted octanol–water partition coefficient (Wildman–Crippen LogP) is 4.24. The number of nitrogens with zero attached hydrogens (tertiary/aromatic N) is 2. The first-order valence-corrected chi connectivity index (χ1v) is 7.42. The number of benzene rings is 2. The minimum Gasteiger partial charge on any atom is -0.256 e. The highest BCUT2D eigenvalue weighted by molar-refractivity contribution is 7.19. The molecule has 0 aliphatic heterocycles. The third kappa shape index (κ3) is 2.37. The summed E-state index contributed by atoms with van der Waals surface area (Å²) < 4.78 is 1.17. The molecule has 21 heavy (non-hydrogen) atoms. The number of fused-ring (bicyclic) bond motifs is 2. The molecule has 4 rings (SSSR count). The number of para-hydroxylation sites is 1. The van der Waals surface area contributed by atoms with Gasteiger partial charge in [0, 0.05) is 17.1 Å². The summed E-state index contributed by atoms with van der Waals surface area (Å²) in [7, 11) is 0. The monoisotopic (exact) mass is 286 g/mol. The molecule has 3 heteroatoms. The second-order valence-corrected chi connectivity index (χ2v) is 5.68. The van der Waals surface area contributed by atoms with Crippen molar-refractivity contribution in [1.82, 2.24) is 9.97 Å². The maximum absolute atomic E-state index is 4.52. The van der Waals surface area contributed by atoms with Crippen LogP contribution >= 0.6 is 11.3 Å². The Balaban J connectivity index is 1.74. The maximum atomic E-state index is 4.52. The van der Waals surface area contributed by atoms with E-state index in [0.717, 1.165) is 27.0 Å². The van der Waals surface area contributed by atoms with E-state index < -0.39 is 0 Å². The molecule has 2 aromatic carbocycles. The summed E-state index contributed by atoms with van der Waals surface area (Å²) in [6.07, 6.45) is 1.80. The number of hydrogen-bond donors (Lipinski definition) is 0. The molecule has 0 aliphatic rings. The van der Waals surface area contributed by atoms with Gasteiger partial charge < -0.3 is 0 Å². The molecule has 4 aromatic rings. The van der Waals surface area contributed by atoms with Gasteiger partial charge in [0.25, 0.3) is 0 Å². The van der Waals surface area contributed by atoms with E-state index in [-0.39, 0.29) is 0 Å². The van der Waals surface area contributed by atoms with Gasteiger partial charge in [0.2, 0.25) is 0 Å². The fourth-order valence-corrected chi connectivity index (χ4v) is 3.02. The molecule has 0 aliphatic carbocycles. The molecule has 0 atom stereocenters. The maximum Gasteiger partial charge on any atom is 0.168 e. The van der Waals surface area contributed by atoms with Crippen molar-refractivity contribution in [2.75, 3.05) is 0 Å². The zero-order valence-corrected chi connectivity index (χ0v) is 11.9. The lowest BCUT2D eigenvalue weighted by molar-refractivity contribution is 1.41. The molecule has 0 saturated carbocycles. The van der Waals surface area contributed by atoms with Gasteiger partial charge in [-0.05, 0) is 42.3 Å². The molecular weight excluding hydrogens is 276 g/mol. The zero-order valence-electron chi connectivity index (χ0n) is 11.1. The van der Waals surface area contributed by atoms with Crippen LogP contribution in [0.5, 0.6) is 0 Å². The Bertz CT molecular complexity index is 973. The molecule has 0 radical (unpaired) electrons. The Kier molecular flexibility index (Phi) is 2.88. The molecule has 0 N–H and O–H groups in total. The summed E-state index contributed by atoms with van der Waals surface area (Å²) in [5.41, 5.74) is 2.98. The third-order valence-corrected chi connectivity index (χ3v) is 4.16. The lowest BCUT2D eigenvalue weighted by Crippen LogP contribution is -1.80. The molecular formula is C18H10N2S. The minimum absolute atomic E-state index is 0.850. The van der Waals surface area contributed by atoms with E-state index in [1.165, 1.54) is 4.70 Å². The number of hydrogen-bond acceptors (Lipinski definition) is 3. The summed E-state index contributed by atoms with van der Waals surface area (Å²) in [4.78, 5) is 8.83. The molecule has 0 bridgehead atoms. The molecule has 0 spiro atoms. The van der Waals surface area contributed by atoms with Gasteiger partial charge in [0.1, 0.15) is 0 Å². The van der Waals surface area contributed by atoms with Crippen LogP contribution in [0, 0.1) is 11.8 Å². The summed E-state index contributed by atoms with van der Waals surface area (Å²) in [5.74, 6) is 6.34. The number of thiazole rings is 1. The molecule has 0 saturated heterocycles. The highest BCUT2D eigenvalue weighted by Gasteiger charge is 1.99. The van der Waals surface area contributed by atoms with E-state index in [1.54, 1.807) is 17.5 Å². The van der Waals surface area contributed by atoms with Crippen molar-refractivity contribution in [1.29, 1.82) is 0 Å². The van der Waals surface area contributed by atoms with Gasteiger partial charge in [-0.15, -0.1) is 11.3 Å². The first kappa shape index (κ1) is 12.1. The van der Waals surface area contributed by atoms with Gasteiger partial charge in [-0.3, -0.25) is 4.98 Å². The number of rotatable bonds is 0. The lowest BCUT2D eigenvalue weighted by atomic mass is 10.1. The highest BCUT2D eigenvalue weighted by atomic mass is 32.1. The summed E-state index contributed by atoms with van der Waals surface area (Å²) >= 11 is 1.62. The molecule has 2 heterocycles.